The number of carbonyl (C=O) groups is 1. The van der Waals surface area contributed by atoms with Crippen molar-refractivity contribution in [2.24, 2.45) is 0 Å². The van der Waals surface area contributed by atoms with Gasteiger partial charge in [-0.3, -0.25) is 4.79 Å². The van der Waals surface area contributed by atoms with Crippen LogP contribution in [-0.2, 0) is 4.74 Å². The van der Waals surface area contributed by atoms with Crippen molar-refractivity contribution in [2.45, 2.75) is 25.0 Å². The Morgan fingerprint density at radius 2 is 2.53 bits per heavy atom. The Bertz CT molecular complexity index is 466. The Kier molecular flexibility index (Phi) is 4.01. The monoisotopic (exact) mass is 266 g/mol. The van der Waals surface area contributed by atoms with Gasteiger partial charge in [0.2, 0.25) is 5.88 Å². The van der Waals surface area contributed by atoms with Crippen LogP contribution in [0, 0.1) is 0 Å². The van der Waals surface area contributed by atoms with Gasteiger partial charge in [0.1, 0.15) is 11.2 Å². The highest BCUT2D eigenvalue weighted by molar-refractivity contribution is 5.96. The quantitative estimate of drug-likeness (QED) is 0.822. The topological polar surface area (TPSA) is 80.7 Å². The van der Waals surface area contributed by atoms with Gasteiger partial charge in [-0.15, -0.1) is 0 Å². The van der Waals surface area contributed by atoms with Crippen LogP contribution in [0.4, 0.5) is 0 Å². The summed E-state index contributed by atoms with van der Waals surface area (Å²) in [6, 6.07) is 3.28. The molecule has 6 nitrogen and oxygen atoms in total. The lowest BCUT2D eigenvalue weighted by Crippen LogP contribution is -2.47. The predicted octanol–water partition coefficient (Wildman–Crippen LogP) is 0.360. The number of rotatable bonds is 4. The first-order valence-electron chi connectivity index (χ1n) is 6.18. The number of hydrogen-bond donors (Lipinski definition) is 2. The second kappa shape index (κ2) is 5.54. The van der Waals surface area contributed by atoms with Gasteiger partial charge in [-0.1, -0.05) is 0 Å². The zero-order chi connectivity index (χ0) is 13.9. The summed E-state index contributed by atoms with van der Waals surface area (Å²) < 4.78 is 10.3. The fourth-order valence-corrected chi connectivity index (χ4v) is 2.06. The second-order valence-electron chi connectivity index (χ2n) is 4.61. The molecule has 0 bridgehead atoms. The van der Waals surface area contributed by atoms with Crippen LogP contribution in [0.5, 0.6) is 5.88 Å². The number of methoxy groups -OCH3 is 1. The van der Waals surface area contributed by atoms with Crippen LogP contribution in [0.25, 0.3) is 0 Å². The van der Waals surface area contributed by atoms with Gasteiger partial charge in [-0.2, -0.15) is 0 Å². The molecule has 2 rings (SSSR count). The molecule has 1 fully saturated rings. The van der Waals surface area contributed by atoms with Crippen LogP contribution in [0.15, 0.2) is 18.3 Å². The van der Waals surface area contributed by atoms with Crippen LogP contribution in [0.3, 0.4) is 0 Å². The summed E-state index contributed by atoms with van der Waals surface area (Å²) >= 11 is 0. The molecule has 2 atom stereocenters. The SMILES string of the molecule is COc1ncccc1C(=O)NCC1(O)CCOC1C. The number of aromatic nitrogens is 1. The number of pyridine rings is 1. The lowest BCUT2D eigenvalue weighted by Gasteiger charge is -2.26. The first-order valence-corrected chi connectivity index (χ1v) is 6.18. The van der Waals surface area contributed by atoms with E-state index in [0.29, 0.717) is 18.6 Å². The first-order chi connectivity index (χ1) is 9.07. The molecular formula is C13H18N2O4. The zero-order valence-electron chi connectivity index (χ0n) is 11.0. The van der Waals surface area contributed by atoms with Gasteiger partial charge in [0.15, 0.2) is 0 Å². The molecule has 0 saturated carbocycles. The van der Waals surface area contributed by atoms with E-state index in [-0.39, 0.29) is 24.4 Å². The standard InChI is InChI=1S/C13H18N2O4/c1-9-13(17,5-7-19-9)8-15-11(16)10-4-3-6-14-12(10)18-2/h3-4,6,9,17H,5,7-8H2,1-2H3,(H,15,16). The number of aliphatic hydroxyl groups is 1. The van der Waals surface area contributed by atoms with E-state index in [1.165, 1.54) is 7.11 Å². The maximum absolute atomic E-state index is 12.0. The van der Waals surface area contributed by atoms with Crippen molar-refractivity contribution < 1.29 is 19.4 Å². The van der Waals surface area contributed by atoms with E-state index in [2.05, 4.69) is 10.3 Å². The number of ether oxygens (including phenoxy) is 2. The highest BCUT2D eigenvalue weighted by Gasteiger charge is 2.39. The van der Waals surface area contributed by atoms with E-state index in [9.17, 15) is 9.90 Å². The Hall–Kier alpha value is -1.66. The van der Waals surface area contributed by atoms with Gasteiger partial charge in [-0.25, -0.2) is 4.98 Å². The minimum Gasteiger partial charge on any atom is -0.480 e. The van der Waals surface area contributed by atoms with E-state index in [1.54, 1.807) is 25.3 Å². The molecule has 2 unspecified atom stereocenters. The summed E-state index contributed by atoms with van der Waals surface area (Å²) in [5.41, 5.74) is -0.661. The van der Waals surface area contributed by atoms with Gasteiger partial charge < -0.3 is 19.9 Å². The lowest BCUT2D eigenvalue weighted by molar-refractivity contribution is -0.0251. The number of nitrogens with one attached hydrogen (secondary N) is 1. The molecule has 0 radical (unpaired) electrons. The van der Waals surface area contributed by atoms with E-state index in [0.717, 1.165) is 0 Å². The third kappa shape index (κ3) is 2.85. The van der Waals surface area contributed by atoms with Crippen molar-refractivity contribution in [1.29, 1.82) is 0 Å². The minimum absolute atomic E-state index is 0.144. The first kappa shape index (κ1) is 13.8. The Morgan fingerprint density at radius 1 is 1.74 bits per heavy atom. The van der Waals surface area contributed by atoms with Crippen LogP contribution >= 0.6 is 0 Å². The molecule has 1 aromatic heterocycles. The Morgan fingerprint density at radius 3 is 3.16 bits per heavy atom. The van der Waals surface area contributed by atoms with Crippen molar-refractivity contribution in [3.8, 4) is 5.88 Å². The van der Waals surface area contributed by atoms with E-state index in [1.807, 2.05) is 0 Å². The van der Waals surface area contributed by atoms with E-state index >= 15 is 0 Å². The largest absolute Gasteiger partial charge is 0.480 e. The third-order valence-corrected chi connectivity index (χ3v) is 3.42. The second-order valence-corrected chi connectivity index (χ2v) is 4.61. The smallest absolute Gasteiger partial charge is 0.256 e. The molecule has 1 saturated heterocycles. The Labute approximate surface area is 111 Å². The van der Waals surface area contributed by atoms with E-state index < -0.39 is 5.60 Å². The fraction of sp³-hybridized carbons (Fsp3) is 0.538. The summed E-state index contributed by atoms with van der Waals surface area (Å²) in [6.07, 6.45) is 1.78. The molecule has 1 amide bonds. The highest BCUT2D eigenvalue weighted by Crippen LogP contribution is 2.25. The minimum atomic E-state index is -1.01. The molecule has 104 valence electrons. The van der Waals surface area contributed by atoms with Crippen molar-refractivity contribution in [3.05, 3.63) is 23.9 Å². The molecule has 0 spiro atoms. The maximum atomic E-state index is 12.0. The molecule has 6 heteroatoms. The maximum Gasteiger partial charge on any atom is 0.256 e. The molecule has 19 heavy (non-hydrogen) atoms. The Balaban J connectivity index is 2.02. The molecule has 2 N–H and O–H groups in total. The van der Waals surface area contributed by atoms with Crippen LogP contribution in [-0.4, -0.2) is 48.0 Å². The number of carbonyl (C=O) groups excluding carboxylic acids is 1. The molecule has 1 aliphatic heterocycles. The summed E-state index contributed by atoms with van der Waals surface area (Å²) in [6.45, 7) is 2.44. The molecule has 0 aliphatic carbocycles. The molecular weight excluding hydrogens is 248 g/mol. The summed E-state index contributed by atoms with van der Waals surface area (Å²) in [4.78, 5) is 16.0. The van der Waals surface area contributed by atoms with Gasteiger partial charge in [0.25, 0.3) is 5.91 Å². The summed E-state index contributed by atoms with van der Waals surface area (Å²) in [5, 5.41) is 13.0. The van der Waals surface area contributed by atoms with Gasteiger partial charge in [-0.05, 0) is 19.1 Å². The summed E-state index contributed by atoms with van der Waals surface area (Å²) in [7, 11) is 1.46. The van der Waals surface area contributed by atoms with Gasteiger partial charge in [0, 0.05) is 25.8 Å². The third-order valence-electron chi connectivity index (χ3n) is 3.42. The molecule has 1 aromatic rings. The van der Waals surface area contributed by atoms with Crippen LogP contribution in [0.2, 0.25) is 0 Å². The molecule has 1 aliphatic rings. The van der Waals surface area contributed by atoms with Crippen molar-refractivity contribution in [3.63, 3.8) is 0 Å². The van der Waals surface area contributed by atoms with Crippen molar-refractivity contribution in [2.75, 3.05) is 20.3 Å². The predicted molar refractivity (Wildman–Crippen MR) is 68.1 cm³/mol. The zero-order valence-corrected chi connectivity index (χ0v) is 11.0. The number of nitrogens with zero attached hydrogens (tertiary/aromatic N) is 1. The van der Waals surface area contributed by atoms with Gasteiger partial charge >= 0.3 is 0 Å². The van der Waals surface area contributed by atoms with Crippen molar-refractivity contribution >= 4 is 5.91 Å². The van der Waals surface area contributed by atoms with Gasteiger partial charge in [0.05, 0.1) is 13.2 Å². The van der Waals surface area contributed by atoms with E-state index in [4.69, 9.17) is 9.47 Å². The van der Waals surface area contributed by atoms with Crippen molar-refractivity contribution in [1.82, 2.24) is 10.3 Å². The average Bonchev–Trinajstić information content (AvgIpc) is 2.76. The van der Waals surface area contributed by atoms with Crippen LogP contribution in [0.1, 0.15) is 23.7 Å². The average molecular weight is 266 g/mol. The number of hydrogen-bond acceptors (Lipinski definition) is 5. The van der Waals surface area contributed by atoms with Crippen LogP contribution < -0.4 is 10.1 Å². The fourth-order valence-electron chi connectivity index (χ4n) is 2.06. The highest BCUT2D eigenvalue weighted by atomic mass is 16.5. The molecule has 2 heterocycles. The summed E-state index contributed by atoms with van der Waals surface area (Å²) in [5.74, 6) is -0.0554. The lowest BCUT2D eigenvalue weighted by atomic mass is 9.96. The normalized spacial score (nSPS) is 26.2. The number of amides is 1. The molecule has 0 aromatic carbocycles.